The van der Waals surface area contributed by atoms with Gasteiger partial charge in [-0.3, -0.25) is 9.69 Å². The molecule has 1 aliphatic rings. The van der Waals surface area contributed by atoms with Crippen molar-refractivity contribution in [2.45, 2.75) is 38.9 Å². The number of nitrogens with zero attached hydrogens (tertiary/aromatic N) is 1. The number of hydrogen-bond donors (Lipinski definition) is 1. The molecule has 2 aromatic rings. The van der Waals surface area contributed by atoms with E-state index in [1.807, 2.05) is 19.9 Å². The molecule has 0 radical (unpaired) electrons. The summed E-state index contributed by atoms with van der Waals surface area (Å²) in [7, 11) is 0. The van der Waals surface area contributed by atoms with Crippen molar-refractivity contribution in [2.24, 2.45) is 0 Å². The maximum absolute atomic E-state index is 12.6. The number of nitrogens with one attached hydrogen (secondary N) is 1. The van der Waals surface area contributed by atoms with Crippen molar-refractivity contribution >= 4 is 40.4 Å². The highest BCUT2D eigenvalue weighted by Gasteiger charge is 2.27. The van der Waals surface area contributed by atoms with E-state index in [4.69, 9.17) is 23.2 Å². The number of rotatable bonds is 4. The number of thiophene rings is 1. The van der Waals surface area contributed by atoms with Crippen LogP contribution in [0.5, 0.6) is 0 Å². The highest BCUT2D eigenvalue weighted by Crippen LogP contribution is 2.27. The first-order valence-electron chi connectivity index (χ1n) is 8.00. The Morgan fingerprint density at radius 2 is 2.08 bits per heavy atom. The number of halogens is 2. The molecule has 1 amide bonds. The number of benzene rings is 1. The molecule has 2 atom stereocenters. The van der Waals surface area contributed by atoms with E-state index in [0.717, 1.165) is 25.1 Å². The van der Waals surface area contributed by atoms with Gasteiger partial charge in [-0.1, -0.05) is 29.3 Å². The zero-order chi connectivity index (χ0) is 17.3. The van der Waals surface area contributed by atoms with Crippen molar-refractivity contribution in [3.8, 4) is 0 Å². The molecule has 6 heteroatoms. The minimum absolute atomic E-state index is 0.0206. The van der Waals surface area contributed by atoms with Crippen molar-refractivity contribution in [1.29, 1.82) is 0 Å². The quantitative estimate of drug-likeness (QED) is 0.832. The molecule has 0 fully saturated rings. The highest BCUT2D eigenvalue weighted by atomic mass is 35.5. The predicted octanol–water partition coefficient (Wildman–Crippen LogP) is 4.68. The Labute approximate surface area is 156 Å². The van der Waals surface area contributed by atoms with Crippen LogP contribution in [0.25, 0.3) is 0 Å². The third kappa shape index (κ3) is 3.77. The molecule has 1 N–H and O–H groups in total. The van der Waals surface area contributed by atoms with Gasteiger partial charge in [0.2, 0.25) is 5.91 Å². The molecule has 0 aliphatic carbocycles. The molecule has 1 aromatic carbocycles. The van der Waals surface area contributed by atoms with Crippen LogP contribution in [-0.2, 0) is 17.8 Å². The van der Waals surface area contributed by atoms with E-state index >= 15 is 0 Å². The average Bonchev–Trinajstić information content (AvgIpc) is 3.01. The van der Waals surface area contributed by atoms with E-state index in [-0.39, 0.29) is 18.0 Å². The Hall–Kier alpha value is -1.07. The SMILES string of the molecule is CC(NC(=O)C(C)N1CCc2sccc2C1)c1ccc(Cl)cc1Cl. The second-order valence-electron chi connectivity index (χ2n) is 6.16. The number of hydrogen-bond acceptors (Lipinski definition) is 3. The van der Waals surface area contributed by atoms with Gasteiger partial charge in [-0.15, -0.1) is 11.3 Å². The van der Waals surface area contributed by atoms with Gasteiger partial charge >= 0.3 is 0 Å². The second-order valence-corrected chi connectivity index (χ2v) is 8.01. The Morgan fingerprint density at radius 3 is 2.83 bits per heavy atom. The molecular formula is C18H20Cl2N2OS. The first-order valence-corrected chi connectivity index (χ1v) is 9.64. The topological polar surface area (TPSA) is 32.3 Å². The molecule has 0 bridgehead atoms. The minimum Gasteiger partial charge on any atom is -0.348 e. The summed E-state index contributed by atoms with van der Waals surface area (Å²) in [5.74, 6) is 0.0206. The summed E-state index contributed by atoms with van der Waals surface area (Å²) in [6.45, 7) is 5.65. The van der Waals surface area contributed by atoms with Gasteiger partial charge < -0.3 is 5.32 Å². The molecule has 1 aromatic heterocycles. The summed E-state index contributed by atoms with van der Waals surface area (Å²) in [5.41, 5.74) is 2.22. The van der Waals surface area contributed by atoms with Crippen LogP contribution in [-0.4, -0.2) is 23.4 Å². The van der Waals surface area contributed by atoms with Gasteiger partial charge in [-0.2, -0.15) is 0 Å². The molecule has 1 aliphatic heterocycles. The largest absolute Gasteiger partial charge is 0.348 e. The minimum atomic E-state index is -0.174. The molecule has 3 nitrogen and oxygen atoms in total. The van der Waals surface area contributed by atoms with Crippen LogP contribution in [0.2, 0.25) is 10.0 Å². The van der Waals surface area contributed by atoms with E-state index in [9.17, 15) is 4.79 Å². The van der Waals surface area contributed by atoms with Crippen molar-refractivity contribution in [3.63, 3.8) is 0 Å². The lowest BCUT2D eigenvalue weighted by atomic mass is 10.1. The molecule has 0 spiro atoms. The van der Waals surface area contributed by atoms with Crippen LogP contribution in [0.1, 0.15) is 35.9 Å². The molecule has 2 heterocycles. The maximum Gasteiger partial charge on any atom is 0.237 e. The summed E-state index contributed by atoms with van der Waals surface area (Å²) in [6, 6.07) is 7.18. The normalized spacial score (nSPS) is 17.2. The van der Waals surface area contributed by atoms with Crippen molar-refractivity contribution in [3.05, 3.63) is 55.7 Å². The summed E-state index contributed by atoms with van der Waals surface area (Å²) >= 11 is 14.0. The molecule has 0 saturated carbocycles. The van der Waals surface area contributed by atoms with Crippen molar-refractivity contribution < 1.29 is 4.79 Å². The van der Waals surface area contributed by atoms with Crippen LogP contribution >= 0.6 is 34.5 Å². The summed E-state index contributed by atoms with van der Waals surface area (Å²) in [6.07, 6.45) is 1.02. The fourth-order valence-electron chi connectivity index (χ4n) is 3.03. The van der Waals surface area contributed by atoms with Gasteiger partial charge in [-0.25, -0.2) is 0 Å². The average molecular weight is 383 g/mol. The lowest BCUT2D eigenvalue weighted by molar-refractivity contribution is -0.126. The zero-order valence-corrected chi connectivity index (χ0v) is 16.0. The monoisotopic (exact) mass is 382 g/mol. The standard InChI is InChI=1S/C18H20Cl2N2OS/c1-11(15-4-3-14(19)9-16(15)20)21-18(23)12(2)22-7-5-17-13(10-22)6-8-24-17/h3-4,6,8-9,11-12H,5,7,10H2,1-2H3,(H,21,23). The summed E-state index contributed by atoms with van der Waals surface area (Å²) in [4.78, 5) is 16.3. The fraction of sp³-hybridized carbons (Fsp3) is 0.389. The Morgan fingerprint density at radius 1 is 1.29 bits per heavy atom. The lowest BCUT2D eigenvalue weighted by Crippen LogP contribution is -2.47. The first-order chi connectivity index (χ1) is 11.5. The Balaban J connectivity index is 1.64. The Bertz CT molecular complexity index is 746. The van der Waals surface area contributed by atoms with Crippen LogP contribution in [0.3, 0.4) is 0 Å². The summed E-state index contributed by atoms with van der Waals surface area (Å²) in [5, 5.41) is 6.36. The molecule has 3 rings (SSSR count). The number of carbonyl (C=O) groups is 1. The van der Waals surface area contributed by atoms with Gasteiger partial charge in [0, 0.05) is 28.0 Å². The molecule has 24 heavy (non-hydrogen) atoms. The van der Waals surface area contributed by atoms with Gasteiger partial charge in [0.25, 0.3) is 0 Å². The third-order valence-electron chi connectivity index (χ3n) is 4.55. The predicted molar refractivity (Wildman–Crippen MR) is 101 cm³/mol. The second kappa shape index (κ2) is 7.44. The number of amides is 1. The number of fused-ring (bicyclic) bond motifs is 1. The van der Waals surface area contributed by atoms with E-state index in [1.165, 1.54) is 10.4 Å². The van der Waals surface area contributed by atoms with Crippen molar-refractivity contribution in [2.75, 3.05) is 6.54 Å². The fourth-order valence-corrected chi connectivity index (χ4v) is 4.49. The van der Waals surface area contributed by atoms with Crippen LogP contribution < -0.4 is 5.32 Å². The highest BCUT2D eigenvalue weighted by molar-refractivity contribution is 7.10. The van der Waals surface area contributed by atoms with Crippen LogP contribution in [0.15, 0.2) is 29.6 Å². The van der Waals surface area contributed by atoms with E-state index in [2.05, 4.69) is 21.7 Å². The third-order valence-corrected chi connectivity index (χ3v) is 6.14. The van der Waals surface area contributed by atoms with Crippen LogP contribution in [0.4, 0.5) is 0 Å². The zero-order valence-electron chi connectivity index (χ0n) is 13.7. The smallest absolute Gasteiger partial charge is 0.237 e. The maximum atomic E-state index is 12.6. The van der Waals surface area contributed by atoms with Gasteiger partial charge in [0.15, 0.2) is 0 Å². The molecular weight excluding hydrogens is 363 g/mol. The van der Waals surface area contributed by atoms with Gasteiger partial charge in [0.1, 0.15) is 0 Å². The molecule has 128 valence electrons. The van der Waals surface area contributed by atoms with Gasteiger partial charge in [0.05, 0.1) is 12.1 Å². The van der Waals surface area contributed by atoms with Crippen molar-refractivity contribution in [1.82, 2.24) is 10.2 Å². The number of carbonyl (C=O) groups excluding carboxylic acids is 1. The van der Waals surface area contributed by atoms with E-state index in [1.54, 1.807) is 23.5 Å². The Kier molecular flexibility index (Phi) is 5.50. The van der Waals surface area contributed by atoms with Crippen LogP contribution in [0, 0.1) is 0 Å². The first kappa shape index (κ1) is 17.7. The van der Waals surface area contributed by atoms with E-state index in [0.29, 0.717) is 10.0 Å². The van der Waals surface area contributed by atoms with Gasteiger partial charge in [-0.05, 0) is 55.0 Å². The lowest BCUT2D eigenvalue weighted by Gasteiger charge is -2.32. The van der Waals surface area contributed by atoms with E-state index < -0.39 is 0 Å². The summed E-state index contributed by atoms with van der Waals surface area (Å²) < 4.78 is 0. The molecule has 2 unspecified atom stereocenters. The molecule has 0 saturated heterocycles.